The molecule has 2 rings (SSSR count). The molecule has 1 unspecified atom stereocenters. The van der Waals surface area contributed by atoms with Gasteiger partial charge in [0.1, 0.15) is 0 Å². The van der Waals surface area contributed by atoms with Crippen molar-refractivity contribution in [2.24, 2.45) is 0 Å². The summed E-state index contributed by atoms with van der Waals surface area (Å²) in [5.41, 5.74) is 0. The van der Waals surface area contributed by atoms with Crippen LogP contribution < -0.4 is 0 Å². The zero-order valence-corrected chi connectivity index (χ0v) is 13.1. The van der Waals surface area contributed by atoms with Gasteiger partial charge in [0.05, 0.1) is 6.10 Å². The van der Waals surface area contributed by atoms with Gasteiger partial charge < -0.3 is 5.11 Å². The van der Waals surface area contributed by atoms with Gasteiger partial charge in [-0.15, -0.1) is 22.7 Å². The molecule has 0 aliphatic carbocycles. The predicted molar refractivity (Wildman–Crippen MR) is 79.1 cm³/mol. The van der Waals surface area contributed by atoms with Gasteiger partial charge in [0.25, 0.3) is 0 Å². The third-order valence-electron chi connectivity index (χ3n) is 2.66. The van der Waals surface area contributed by atoms with Crippen LogP contribution in [0.1, 0.15) is 32.5 Å². The van der Waals surface area contributed by atoms with Crippen LogP contribution in [0.3, 0.4) is 0 Å². The molecule has 0 aliphatic heterocycles. The average molecular weight is 331 g/mol. The topological polar surface area (TPSA) is 20.2 Å². The van der Waals surface area contributed by atoms with Crippen LogP contribution in [-0.4, -0.2) is 5.11 Å². The number of hydrogen-bond donors (Lipinski definition) is 1. The van der Waals surface area contributed by atoms with Crippen molar-refractivity contribution in [3.05, 3.63) is 42.2 Å². The quantitative estimate of drug-likeness (QED) is 0.859. The maximum Gasteiger partial charge on any atom is 0.0930 e. The summed E-state index contributed by atoms with van der Waals surface area (Å²) in [7, 11) is 0. The highest BCUT2D eigenvalue weighted by molar-refractivity contribution is 9.10. The van der Waals surface area contributed by atoms with E-state index in [1.165, 1.54) is 14.6 Å². The van der Waals surface area contributed by atoms with Crippen molar-refractivity contribution in [2.75, 3.05) is 0 Å². The summed E-state index contributed by atoms with van der Waals surface area (Å²) in [6.07, 6.45) is 1.41. The first-order chi connectivity index (χ1) is 8.10. The maximum absolute atomic E-state index is 10.2. The molecule has 0 spiro atoms. The van der Waals surface area contributed by atoms with Gasteiger partial charge in [0.15, 0.2) is 0 Å². The summed E-state index contributed by atoms with van der Waals surface area (Å²) in [5.74, 6) is 0. The van der Waals surface area contributed by atoms with Gasteiger partial charge in [-0.2, -0.15) is 0 Å². The molecule has 0 fully saturated rings. The summed E-state index contributed by atoms with van der Waals surface area (Å²) in [4.78, 5) is 4.91. The van der Waals surface area contributed by atoms with Crippen molar-refractivity contribution >= 4 is 38.6 Å². The monoisotopic (exact) mass is 330 g/mol. The second kappa shape index (κ2) is 5.65. The minimum absolute atomic E-state index is 0.381. The van der Waals surface area contributed by atoms with Crippen molar-refractivity contribution < 1.29 is 5.11 Å². The zero-order valence-electron chi connectivity index (χ0n) is 9.87. The fraction of sp³-hybridized carbons (Fsp3) is 0.385. The molecule has 1 atom stereocenters. The van der Waals surface area contributed by atoms with Gasteiger partial charge in [-0.05, 0) is 47.5 Å². The predicted octanol–water partition coefficient (Wildman–Crippen LogP) is 4.72. The average Bonchev–Trinajstić information content (AvgIpc) is 2.87. The Morgan fingerprint density at radius 3 is 2.53 bits per heavy atom. The number of aryl methyl sites for hydroxylation is 2. The van der Waals surface area contributed by atoms with Crippen LogP contribution in [0.25, 0.3) is 0 Å². The summed E-state index contributed by atoms with van der Waals surface area (Å²) < 4.78 is 1.09. The largest absolute Gasteiger partial charge is 0.387 e. The molecule has 2 aromatic rings. The van der Waals surface area contributed by atoms with Crippen LogP contribution in [0.15, 0.2) is 22.7 Å². The number of thiophene rings is 2. The Kier molecular flexibility index (Phi) is 4.42. The first kappa shape index (κ1) is 13.3. The fourth-order valence-corrected chi connectivity index (χ4v) is 4.20. The number of aliphatic hydroxyl groups is 1. The first-order valence-electron chi connectivity index (χ1n) is 5.61. The standard InChI is InChI=1S/C13H15BrOS2/c1-3-9-4-5-10(17-9)6-12(15)13-7-11(14)8(2)16-13/h4-5,7,12,15H,3,6H2,1-2H3. The molecule has 0 bridgehead atoms. The lowest BCUT2D eigenvalue weighted by molar-refractivity contribution is 0.183. The van der Waals surface area contributed by atoms with Crippen LogP contribution in [0.2, 0.25) is 0 Å². The highest BCUT2D eigenvalue weighted by Crippen LogP contribution is 2.33. The van der Waals surface area contributed by atoms with Crippen LogP contribution in [0, 0.1) is 6.92 Å². The summed E-state index contributed by atoms with van der Waals surface area (Å²) >= 11 is 6.95. The molecule has 1 N–H and O–H groups in total. The van der Waals surface area contributed by atoms with E-state index in [1.54, 1.807) is 22.7 Å². The molecule has 0 aliphatic rings. The minimum Gasteiger partial charge on any atom is -0.387 e. The highest BCUT2D eigenvalue weighted by atomic mass is 79.9. The van der Waals surface area contributed by atoms with Crippen molar-refractivity contribution in [2.45, 2.75) is 32.8 Å². The van der Waals surface area contributed by atoms with Crippen molar-refractivity contribution in [3.63, 3.8) is 0 Å². The zero-order chi connectivity index (χ0) is 12.4. The Morgan fingerprint density at radius 2 is 2.00 bits per heavy atom. The maximum atomic E-state index is 10.2. The van der Waals surface area contributed by atoms with E-state index in [0.717, 1.165) is 22.2 Å². The van der Waals surface area contributed by atoms with Crippen molar-refractivity contribution in [3.8, 4) is 0 Å². The highest BCUT2D eigenvalue weighted by Gasteiger charge is 2.14. The molecule has 17 heavy (non-hydrogen) atoms. The Labute approximate surface area is 118 Å². The molecular formula is C13H15BrOS2. The molecule has 0 saturated heterocycles. The van der Waals surface area contributed by atoms with E-state index in [-0.39, 0.29) is 6.10 Å². The van der Waals surface area contributed by atoms with Gasteiger partial charge in [-0.1, -0.05) is 6.92 Å². The van der Waals surface area contributed by atoms with Gasteiger partial charge in [0.2, 0.25) is 0 Å². The Morgan fingerprint density at radius 1 is 1.29 bits per heavy atom. The summed E-state index contributed by atoms with van der Waals surface area (Å²) in [6.45, 7) is 4.22. The fourth-order valence-electron chi connectivity index (χ4n) is 1.66. The lowest BCUT2D eigenvalue weighted by atomic mass is 10.2. The second-order valence-electron chi connectivity index (χ2n) is 3.99. The van der Waals surface area contributed by atoms with Gasteiger partial charge >= 0.3 is 0 Å². The smallest absolute Gasteiger partial charge is 0.0930 e. The van der Waals surface area contributed by atoms with E-state index in [2.05, 4.69) is 41.9 Å². The molecule has 0 saturated carbocycles. The molecule has 4 heteroatoms. The lowest BCUT2D eigenvalue weighted by Gasteiger charge is -2.06. The SMILES string of the molecule is CCc1ccc(CC(O)c2cc(Br)c(C)s2)s1. The van der Waals surface area contributed by atoms with Crippen LogP contribution >= 0.6 is 38.6 Å². The van der Waals surface area contributed by atoms with E-state index < -0.39 is 0 Å². The molecule has 2 aromatic heterocycles. The summed E-state index contributed by atoms with van der Waals surface area (Å²) in [5, 5.41) is 10.2. The van der Waals surface area contributed by atoms with E-state index >= 15 is 0 Å². The van der Waals surface area contributed by atoms with E-state index in [0.29, 0.717) is 0 Å². The van der Waals surface area contributed by atoms with E-state index in [1.807, 2.05) is 6.07 Å². The number of rotatable bonds is 4. The second-order valence-corrected chi connectivity index (χ2v) is 7.39. The number of hydrogen-bond acceptors (Lipinski definition) is 3. The Hall–Kier alpha value is -0.160. The molecule has 0 radical (unpaired) electrons. The molecule has 0 amide bonds. The third-order valence-corrected chi connectivity index (χ3v) is 6.15. The molecule has 1 nitrogen and oxygen atoms in total. The van der Waals surface area contributed by atoms with Crippen molar-refractivity contribution in [1.82, 2.24) is 0 Å². The molecule has 92 valence electrons. The number of halogens is 1. The van der Waals surface area contributed by atoms with E-state index in [4.69, 9.17) is 0 Å². The van der Waals surface area contributed by atoms with Crippen LogP contribution in [-0.2, 0) is 12.8 Å². The van der Waals surface area contributed by atoms with Crippen LogP contribution in [0.4, 0.5) is 0 Å². The van der Waals surface area contributed by atoms with Crippen molar-refractivity contribution in [1.29, 1.82) is 0 Å². The third kappa shape index (κ3) is 3.19. The first-order valence-corrected chi connectivity index (χ1v) is 8.04. The van der Waals surface area contributed by atoms with E-state index in [9.17, 15) is 5.11 Å². The normalized spacial score (nSPS) is 12.9. The summed E-state index contributed by atoms with van der Waals surface area (Å²) in [6, 6.07) is 6.31. The van der Waals surface area contributed by atoms with Crippen LogP contribution in [0.5, 0.6) is 0 Å². The Bertz CT molecular complexity index is 482. The molecule has 0 aromatic carbocycles. The number of aliphatic hydroxyl groups excluding tert-OH is 1. The lowest BCUT2D eigenvalue weighted by Crippen LogP contribution is -1.97. The Balaban J connectivity index is 2.08. The van der Waals surface area contributed by atoms with Gasteiger partial charge in [-0.25, -0.2) is 0 Å². The molecule has 2 heterocycles. The van der Waals surface area contributed by atoms with Gasteiger partial charge in [0, 0.05) is 30.4 Å². The van der Waals surface area contributed by atoms with Gasteiger partial charge in [-0.3, -0.25) is 0 Å². The minimum atomic E-state index is -0.381. The molecular weight excluding hydrogens is 316 g/mol.